The summed E-state index contributed by atoms with van der Waals surface area (Å²) < 4.78 is 7.12. The Balaban J connectivity index is 2.27. The maximum absolute atomic E-state index is 13.1. The summed E-state index contributed by atoms with van der Waals surface area (Å²) >= 11 is 0. The molecule has 0 radical (unpaired) electrons. The summed E-state index contributed by atoms with van der Waals surface area (Å²) in [6.45, 7) is 10.7. The number of rotatable bonds is 10. The molecule has 2 rings (SSSR count). The molecular formula is C23H34N4O4. The third kappa shape index (κ3) is 6.23. The molecule has 8 heteroatoms. The highest BCUT2D eigenvalue weighted by Gasteiger charge is 2.25. The first-order valence-corrected chi connectivity index (χ1v) is 10.8. The van der Waals surface area contributed by atoms with E-state index in [2.05, 4.69) is 4.98 Å². The zero-order valence-corrected chi connectivity index (χ0v) is 19.2. The monoisotopic (exact) mass is 430 g/mol. The summed E-state index contributed by atoms with van der Waals surface area (Å²) in [5.74, 6) is 0.557. The fraction of sp³-hybridized carbons (Fsp3) is 0.522. The van der Waals surface area contributed by atoms with Gasteiger partial charge in [0.05, 0.1) is 13.0 Å². The van der Waals surface area contributed by atoms with Gasteiger partial charge in [0, 0.05) is 13.1 Å². The van der Waals surface area contributed by atoms with E-state index in [-0.39, 0.29) is 36.4 Å². The fourth-order valence-corrected chi connectivity index (χ4v) is 3.40. The van der Waals surface area contributed by atoms with E-state index in [0.29, 0.717) is 13.1 Å². The number of benzene rings is 1. The number of hydrogen-bond acceptors (Lipinski definition) is 5. The van der Waals surface area contributed by atoms with Crippen LogP contribution in [0.3, 0.4) is 0 Å². The van der Waals surface area contributed by atoms with Crippen molar-refractivity contribution in [3.8, 4) is 5.75 Å². The second-order valence-corrected chi connectivity index (χ2v) is 8.26. The Morgan fingerprint density at radius 2 is 1.97 bits per heavy atom. The van der Waals surface area contributed by atoms with E-state index in [1.165, 1.54) is 9.47 Å². The maximum Gasteiger partial charge on any atom is 0.330 e. The number of anilines is 2. The average molecular weight is 431 g/mol. The molecule has 2 aromatic rings. The standard InChI is InChI=1S/C23H34N4O4/c1-6-7-11-26-21(24)20(22(29)25-23(26)30)27(14-15(2)3)19(28)10-12-31-18-9-8-16(4)13-17(18)5/h8-9,13,15H,6-7,10-12,14,24H2,1-5H3,(H,25,29,30). The Morgan fingerprint density at radius 3 is 2.58 bits per heavy atom. The molecule has 1 aromatic carbocycles. The zero-order chi connectivity index (χ0) is 23.1. The van der Waals surface area contributed by atoms with E-state index in [1.54, 1.807) is 0 Å². The van der Waals surface area contributed by atoms with Crippen LogP contribution in [0.4, 0.5) is 11.5 Å². The summed E-state index contributed by atoms with van der Waals surface area (Å²) in [6.07, 6.45) is 1.68. The summed E-state index contributed by atoms with van der Waals surface area (Å²) in [6, 6.07) is 5.85. The van der Waals surface area contributed by atoms with Crippen LogP contribution in [0.25, 0.3) is 0 Å². The SMILES string of the molecule is CCCCn1c(N)c(N(CC(C)C)C(=O)CCOc2ccc(C)cc2C)c(=O)[nH]c1=O. The van der Waals surface area contributed by atoms with Crippen LogP contribution in [0, 0.1) is 19.8 Å². The third-order valence-corrected chi connectivity index (χ3v) is 4.97. The Kier molecular flexibility index (Phi) is 8.47. The molecule has 0 atom stereocenters. The molecule has 0 aliphatic rings. The molecular weight excluding hydrogens is 396 g/mol. The number of ether oxygens (including phenoxy) is 1. The zero-order valence-electron chi connectivity index (χ0n) is 19.2. The minimum absolute atomic E-state index is 0.0199. The normalized spacial score (nSPS) is 11.0. The van der Waals surface area contributed by atoms with Gasteiger partial charge in [0.25, 0.3) is 5.56 Å². The van der Waals surface area contributed by atoms with Crippen LogP contribution in [0.15, 0.2) is 27.8 Å². The Morgan fingerprint density at radius 1 is 1.26 bits per heavy atom. The number of H-pyrrole nitrogens is 1. The van der Waals surface area contributed by atoms with Gasteiger partial charge in [-0.2, -0.15) is 0 Å². The molecule has 3 N–H and O–H groups in total. The van der Waals surface area contributed by atoms with Crippen LogP contribution in [0.5, 0.6) is 5.75 Å². The molecule has 1 aromatic heterocycles. The minimum atomic E-state index is -0.653. The molecule has 0 aliphatic heterocycles. The number of unbranched alkanes of at least 4 members (excludes halogenated alkanes) is 1. The average Bonchev–Trinajstić information content (AvgIpc) is 2.68. The van der Waals surface area contributed by atoms with E-state index >= 15 is 0 Å². The van der Waals surface area contributed by atoms with Gasteiger partial charge >= 0.3 is 5.69 Å². The lowest BCUT2D eigenvalue weighted by Gasteiger charge is -2.26. The van der Waals surface area contributed by atoms with Crippen LogP contribution in [-0.2, 0) is 11.3 Å². The molecule has 170 valence electrons. The number of aromatic nitrogens is 2. The first kappa shape index (κ1) is 24.2. The third-order valence-electron chi connectivity index (χ3n) is 4.97. The molecule has 0 bridgehead atoms. The van der Waals surface area contributed by atoms with Gasteiger partial charge in [0.15, 0.2) is 5.69 Å². The second kappa shape index (κ2) is 10.8. The highest BCUT2D eigenvalue weighted by Crippen LogP contribution is 2.21. The van der Waals surface area contributed by atoms with Crippen molar-refractivity contribution in [1.82, 2.24) is 9.55 Å². The lowest BCUT2D eigenvalue weighted by atomic mass is 10.1. The minimum Gasteiger partial charge on any atom is -0.493 e. The molecule has 0 saturated heterocycles. The molecule has 0 aliphatic carbocycles. The summed E-state index contributed by atoms with van der Waals surface area (Å²) in [5, 5.41) is 0. The lowest BCUT2D eigenvalue weighted by molar-refractivity contribution is -0.119. The Labute approximate surface area is 183 Å². The summed E-state index contributed by atoms with van der Waals surface area (Å²) in [4.78, 5) is 41.6. The Bertz CT molecular complexity index is 1020. The van der Waals surface area contributed by atoms with Gasteiger partial charge in [0.1, 0.15) is 11.6 Å². The fourth-order valence-electron chi connectivity index (χ4n) is 3.40. The molecule has 0 saturated carbocycles. The van der Waals surface area contributed by atoms with Gasteiger partial charge in [0.2, 0.25) is 5.91 Å². The van der Waals surface area contributed by atoms with Crippen molar-refractivity contribution in [2.45, 2.75) is 60.4 Å². The number of nitrogens with zero attached hydrogens (tertiary/aromatic N) is 2. The number of carbonyl (C=O) groups excluding carboxylic acids is 1. The van der Waals surface area contributed by atoms with Gasteiger partial charge in [-0.05, 0) is 37.8 Å². The smallest absolute Gasteiger partial charge is 0.330 e. The van der Waals surface area contributed by atoms with Gasteiger partial charge in [-0.1, -0.05) is 44.9 Å². The maximum atomic E-state index is 13.1. The molecule has 8 nitrogen and oxygen atoms in total. The van der Waals surface area contributed by atoms with Crippen molar-refractivity contribution >= 4 is 17.4 Å². The van der Waals surface area contributed by atoms with Crippen LogP contribution in [0.1, 0.15) is 51.2 Å². The van der Waals surface area contributed by atoms with Gasteiger partial charge in [-0.3, -0.25) is 19.1 Å². The predicted molar refractivity (Wildman–Crippen MR) is 124 cm³/mol. The molecule has 0 unspecified atom stereocenters. The van der Waals surface area contributed by atoms with Crippen molar-refractivity contribution in [3.63, 3.8) is 0 Å². The largest absolute Gasteiger partial charge is 0.493 e. The number of hydrogen-bond donors (Lipinski definition) is 2. The quantitative estimate of drug-likeness (QED) is 0.602. The predicted octanol–water partition coefficient (Wildman–Crippen LogP) is 2.99. The molecule has 0 fully saturated rings. The van der Waals surface area contributed by atoms with E-state index < -0.39 is 11.2 Å². The van der Waals surface area contributed by atoms with Gasteiger partial charge in [-0.15, -0.1) is 0 Å². The Hall–Kier alpha value is -3.03. The number of nitrogens with two attached hydrogens (primary N) is 1. The van der Waals surface area contributed by atoms with Crippen LogP contribution < -0.4 is 26.6 Å². The van der Waals surface area contributed by atoms with Crippen molar-refractivity contribution in [2.24, 2.45) is 5.92 Å². The number of aromatic amines is 1. The van der Waals surface area contributed by atoms with Crippen LogP contribution >= 0.6 is 0 Å². The van der Waals surface area contributed by atoms with E-state index in [9.17, 15) is 14.4 Å². The van der Waals surface area contributed by atoms with Crippen LogP contribution in [-0.4, -0.2) is 28.6 Å². The summed E-state index contributed by atoms with van der Waals surface area (Å²) in [5.41, 5.74) is 7.16. The van der Waals surface area contributed by atoms with Gasteiger partial charge in [-0.25, -0.2) is 4.79 Å². The van der Waals surface area contributed by atoms with Crippen LogP contribution in [0.2, 0.25) is 0 Å². The first-order valence-electron chi connectivity index (χ1n) is 10.8. The van der Waals surface area contributed by atoms with E-state index in [4.69, 9.17) is 10.5 Å². The highest BCUT2D eigenvalue weighted by atomic mass is 16.5. The van der Waals surface area contributed by atoms with Crippen molar-refractivity contribution in [2.75, 3.05) is 23.8 Å². The topological polar surface area (TPSA) is 110 Å². The number of carbonyl (C=O) groups is 1. The second-order valence-electron chi connectivity index (χ2n) is 8.26. The number of amides is 1. The number of nitrogens with one attached hydrogen (secondary N) is 1. The number of aryl methyl sites for hydroxylation is 2. The molecule has 0 spiro atoms. The molecule has 31 heavy (non-hydrogen) atoms. The molecule has 1 amide bonds. The van der Waals surface area contributed by atoms with Gasteiger partial charge < -0.3 is 15.4 Å². The van der Waals surface area contributed by atoms with Crippen molar-refractivity contribution in [3.05, 3.63) is 50.2 Å². The summed E-state index contributed by atoms with van der Waals surface area (Å²) in [7, 11) is 0. The van der Waals surface area contributed by atoms with Crippen molar-refractivity contribution < 1.29 is 9.53 Å². The van der Waals surface area contributed by atoms with E-state index in [0.717, 1.165) is 29.7 Å². The van der Waals surface area contributed by atoms with Crippen molar-refractivity contribution in [1.29, 1.82) is 0 Å². The molecule has 1 heterocycles. The highest BCUT2D eigenvalue weighted by molar-refractivity contribution is 5.95. The number of nitrogen functional groups attached to an aromatic ring is 1. The first-order chi connectivity index (χ1) is 14.6. The lowest BCUT2D eigenvalue weighted by Crippen LogP contribution is -2.43. The van der Waals surface area contributed by atoms with E-state index in [1.807, 2.05) is 52.8 Å².